The van der Waals surface area contributed by atoms with Gasteiger partial charge in [-0.25, -0.2) is 4.99 Å². The summed E-state index contributed by atoms with van der Waals surface area (Å²) in [5.41, 5.74) is 0.728. The first-order valence-electron chi connectivity index (χ1n) is 10.0. The lowest BCUT2D eigenvalue weighted by atomic mass is 9.81. The van der Waals surface area contributed by atoms with Gasteiger partial charge in [0.2, 0.25) is 5.72 Å². The minimum absolute atomic E-state index is 0.281. The van der Waals surface area contributed by atoms with Gasteiger partial charge in [0, 0.05) is 16.8 Å². The molecule has 2 aromatic carbocycles. The van der Waals surface area contributed by atoms with Crippen molar-refractivity contribution in [2.75, 3.05) is 12.4 Å². The first-order valence-corrected chi connectivity index (χ1v) is 10.9. The molecule has 1 amide bonds. The Labute approximate surface area is 185 Å². The average Bonchev–Trinajstić information content (AvgIpc) is 3.27. The molecule has 0 saturated carbocycles. The molecule has 0 radical (unpaired) electrons. The number of thiazole rings is 1. The van der Waals surface area contributed by atoms with E-state index in [1.807, 2.05) is 30.3 Å². The van der Waals surface area contributed by atoms with Crippen LogP contribution in [0.4, 0.5) is 5.69 Å². The monoisotopic (exact) mass is 447 g/mol. The summed E-state index contributed by atoms with van der Waals surface area (Å²) in [6.07, 6.45) is 0. The van der Waals surface area contributed by atoms with Gasteiger partial charge in [-0.1, -0.05) is 47.7 Å². The molecule has 3 aromatic rings. The van der Waals surface area contributed by atoms with E-state index in [1.54, 1.807) is 25.1 Å². The standard InChI is InChI=1S/C23H17N3O5S/c1-23-16(21(29)30-2)17(12-8-4-6-10-14(12)31-23)26-20(28)18(32-22(26)25-23)15-11-7-3-5-9-13(11)24-19(15)27/h3-10,16-17H,1-2H3,(H,24,27)/b18-15+/t16-,17-,23+/m1/s1. The maximum Gasteiger partial charge on any atom is 0.317 e. The Morgan fingerprint density at radius 2 is 1.94 bits per heavy atom. The Hall–Kier alpha value is -3.72. The number of hydrogen-bond acceptors (Lipinski definition) is 7. The predicted molar refractivity (Wildman–Crippen MR) is 116 cm³/mol. The maximum atomic E-state index is 13.7. The van der Waals surface area contributed by atoms with Crippen LogP contribution in [0.5, 0.6) is 5.75 Å². The topological polar surface area (TPSA) is 99.0 Å². The van der Waals surface area contributed by atoms with Gasteiger partial charge in [-0.2, -0.15) is 0 Å². The number of nitrogens with one attached hydrogen (secondary N) is 1. The highest BCUT2D eigenvalue weighted by atomic mass is 32.1. The third kappa shape index (κ3) is 2.36. The number of carbonyl (C=O) groups excluding carboxylic acids is 2. The van der Waals surface area contributed by atoms with Crippen LogP contribution in [0.3, 0.4) is 0 Å². The van der Waals surface area contributed by atoms with Gasteiger partial charge in [-0.15, -0.1) is 0 Å². The molecule has 32 heavy (non-hydrogen) atoms. The van der Waals surface area contributed by atoms with Crippen LogP contribution >= 0.6 is 11.3 Å². The summed E-state index contributed by atoms with van der Waals surface area (Å²) < 4.78 is 13.0. The van der Waals surface area contributed by atoms with E-state index in [1.165, 1.54) is 11.7 Å². The lowest BCUT2D eigenvalue weighted by Crippen LogP contribution is -2.58. The number of para-hydroxylation sites is 2. The number of rotatable bonds is 1. The van der Waals surface area contributed by atoms with Gasteiger partial charge in [0.15, 0.2) is 4.80 Å². The lowest BCUT2D eigenvalue weighted by molar-refractivity contribution is -0.158. The van der Waals surface area contributed by atoms with Crippen LogP contribution in [0, 0.1) is 5.92 Å². The van der Waals surface area contributed by atoms with E-state index in [0.717, 1.165) is 11.3 Å². The first-order chi connectivity index (χ1) is 15.4. The van der Waals surface area contributed by atoms with Crippen LogP contribution in [0.1, 0.15) is 24.1 Å². The molecule has 2 bridgehead atoms. The highest BCUT2D eigenvalue weighted by Gasteiger charge is 2.55. The van der Waals surface area contributed by atoms with Crippen molar-refractivity contribution >= 4 is 34.5 Å². The van der Waals surface area contributed by atoms with Crippen molar-refractivity contribution in [1.29, 1.82) is 0 Å². The third-order valence-corrected chi connectivity index (χ3v) is 7.26. The van der Waals surface area contributed by atoms with E-state index in [-0.39, 0.29) is 16.0 Å². The number of anilines is 1. The zero-order chi connectivity index (χ0) is 22.2. The molecule has 0 aliphatic carbocycles. The maximum absolute atomic E-state index is 13.7. The lowest BCUT2D eigenvalue weighted by Gasteiger charge is -2.44. The van der Waals surface area contributed by atoms with Gasteiger partial charge in [-0.3, -0.25) is 19.0 Å². The summed E-state index contributed by atoms with van der Waals surface area (Å²) in [6.45, 7) is 1.72. The minimum atomic E-state index is -1.25. The van der Waals surface area contributed by atoms with Gasteiger partial charge in [0.25, 0.3) is 11.5 Å². The number of esters is 1. The van der Waals surface area contributed by atoms with Gasteiger partial charge < -0.3 is 14.8 Å². The number of ether oxygens (including phenoxy) is 2. The molecule has 1 aromatic heterocycles. The number of benzene rings is 2. The molecule has 4 heterocycles. The van der Waals surface area contributed by atoms with E-state index in [0.29, 0.717) is 32.9 Å². The molecule has 3 aliphatic heterocycles. The highest BCUT2D eigenvalue weighted by molar-refractivity contribution is 7.07. The second kappa shape index (κ2) is 6.39. The second-order valence-electron chi connectivity index (χ2n) is 8.02. The minimum Gasteiger partial charge on any atom is -0.469 e. The fourth-order valence-electron chi connectivity index (χ4n) is 4.82. The Bertz CT molecular complexity index is 1520. The SMILES string of the molecule is COC(=O)[C@H]1[C@H]2c3ccccc3O[C@]1(C)N=c1s/c(=C3/C(=O)Nc4ccccc43)c(=O)n12. The Balaban J connectivity index is 1.71. The fourth-order valence-corrected chi connectivity index (χ4v) is 6.02. The van der Waals surface area contributed by atoms with Crippen LogP contribution in [-0.4, -0.2) is 29.3 Å². The van der Waals surface area contributed by atoms with Crippen molar-refractivity contribution in [2.24, 2.45) is 10.9 Å². The summed E-state index contributed by atoms with van der Waals surface area (Å²) in [5.74, 6) is -1.15. The van der Waals surface area contributed by atoms with Crippen molar-refractivity contribution in [3.63, 3.8) is 0 Å². The summed E-state index contributed by atoms with van der Waals surface area (Å²) in [5, 5.41) is 2.81. The van der Waals surface area contributed by atoms with Crippen LogP contribution in [0.15, 0.2) is 58.3 Å². The molecule has 0 unspecified atom stereocenters. The van der Waals surface area contributed by atoms with E-state index < -0.39 is 23.7 Å². The summed E-state index contributed by atoms with van der Waals surface area (Å²) in [7, 11) is 1.31. The molecule has 0 fully saturated rings. The van der Waals surface area contributed by atoms with Gasteiger partial charge in [0.1, 0.15) is 16.2 Å². The number of fused-ring (bicyclic) bond motifs is 7. The molecule has 1 N–H and O–H groups in total. The normalized spacial score (nSPS) is 26.1. The van der Waals surface area contributed by atoms with Crippen molar-refractivity contribution < 1.29 is 19.1 Å². The molecule has 3 aliphatic rings. The second-order valence-corrected chi connectivity index (χ2v) is 8.99. The number of aromatic nitrogens is 1. The molecular weight excluding hydrogens is 430 g/mol. The van der Waals surface area contributed by atoms with E-state index in [2.05, 4.69) is 5.32 Å². The fraction of sp³-hybridized carbons (Fsp3) is 0.217. The largest absolute Gasteiger partial charge is 0.469 e. The Morgan fingerprint density at radius 1 is 1.19 bits per heavy atom. The number of methoxy groups -OCH3 is 1. The zero-order valence-corrected chi connectivity index (χ0v) is 17.9. The quantitative estimate of drug-likeness (QED) is 0.565. The summed E-state index contributed by atoms with van der Waals surface area (Å²) in [4.78, 5) is 44.5. The summed E-state index contributed by atoms with van der Waals surface area (Å²) in [6, 6.07) is 13.9. The van der Waals surface area contributed by atoms with Gasteiger partial charge in [-0.05, 0) is 19.1 Å². The van der Waals surface area contributed by atoms with Crippen molar-refractivity contribution in [3.8, 4) is 5.75 Å². The molecule has 6 rings (SSSR count). The Morgan fingerprint density at radius 3 is 2.75 bits per heavy atom. The Kier molecular flexibility index (Phi) is 3.80. The van der Waals surface area contributed by atoms with E-state index in [4.69, 9.17) is 14.5 Å². The number of nitrogens with zero attached hydrogens (tertiary/aromatic N) is 2. The molecular formula is C23H17N3O5S. The number of carbonyl (C=O) groups is 2. The molecule has 0 spiro atoms. The van der Waals surface area contributed by atoms with Gasteiger partial charge >= 0.3 is 5.97 Å². The molecule has 0 saturated heterocycles. The predicted octanol–water partition coefficient (Wildman–Crippen LogP) is 1.18. The van der Waals surface area contributed by atoms with Crippen LogP contribution in [0.2, 0.25) is 0 Å². The zero-order valence-electron chi connectivity index (χ0n) is 17.1. The average molecular weight is 447 g/mol. The third-order valence-electron chi connectivity index (χ3n) is 6.21. The van der Waals surface area contributed by atoms with Gasteiger partial charge in [0.05, 0.1) is 18.7 Å². The highest BCUT2D eigenvalue weighted by Crippen LogP contribution is 2.47. The molecule has 8 nitrogen and oxygen atoms in total. The molecule has 160 valence electrons. The van der Waals surface area contributed by atoms with Crippen LogP contribution in [-0.2, 0) is 14.3 Å². The van der Waals surface area contributed by atoms with Crippen molar-refractivity contribution in [1.82, 2.24) is 4.57 Å². The number of amides is 1. The number of hydrogen-bond donors (Lipinski definition) is 1. The first kappa shape index (κ1) is 19.0. The van der Waals surface area contributed by atoms with Crippen LogP contribution in [0.25, 0.3) is 5.57 Å². The molecule has 9 heteroatoms. The smallest absolute Gasteiger partial charge is 0.317 e. The van der Waals surface area contributed by atoms with Crippen molar-refractivity contribution in [2.45, 2.75) is 18.7 Å². The van der Waals surface area contributed by atoms with Crippen molar-refractivity contribution in [3.05, 3.63) is 79.3 Å². The summed E-state index contributed by atoms with van der Waals surface area (Å²) >= 11 is 1.13. The molecule has 3 atom stereocenters. The van der Waals surface area contributed by atoms with E-state index in [9.17, 15) is 14.4 Å². The van der Waals surface area contributed by atoms with Crippen LogP contribution < -0.4 is 24.9 Å². The van der Waals surface area contributed by atoms with E-state index >= 15 is 0 Å².